The average molecular weight is 337 g/mol. The first-order valence-electron chi connectivity index (χ1n) is 7.63. The van der Waals surface area contributed by atoms with Gasteiger partial charge in [-0.15, -0.1) is 0 Å². The lowest BCUT2D eigenvalue weighted by Gasteiger charge is -2.32. The van der Waals surface area contributed by atoms with E-state index in [0.29, 0.717) is 25.9 Å². The number of aryl methyl sites for hydroxylation is 1. The van der Waals surface area contributed by atoms with Gasteiger partial charge in [0.05, 0.1) is 6.54 Å². The van der Waals surface area contributed by atoms with Crippen molar-refractivity contribution >= 4 is 21.6 Å². The number of carbonyl (C=O) groups is 1. The normalized spacial score (nSPS) is 16.1. The predicted molar refractivity (Wildman–Crippen MR) is 91.5 cm³/mol. The topological polar surface area (TPSA) is 78.5 Å². The highest BCUT2D eigenvalue weighted by molar-refractivity contribution is 7.92. The Morgan fingerprint density at radius 2 is 2.00 bits per heavy atom. The van der Waals surface area contributed by atoms with Crippen LogP contribution in [0.2, 0.25) is 0 Å². The molecule has 23 heavy (non-hydrogen) atoms. The van der Waals surface area contributed by atoms with Gasteiger partial charge in [-0.05, 0) is 31.4 Å². The standard InChI is InChI=1S/C16H23N3O3S/c1-3-23(21,22)18-14-8-10-19(11-9-14)16(20)12-17-15-7-5-4-6-13(15)2/h3-7,14,17-18H,1,8-12H2,2H3. The number of hydrogen-bond acceptors (Lipinski definition) is 4. The number of hydrogen-bond donors (Lipinski definition) is 2. The van der Waals surface area contributed by atoms with Gasteiger partial charge < -0.3 is 10.2 Å². The predicted octanol–water partition coefficient (Wildman–Crippen LogP) is 1.46. The molecule has 1 aromatic carbocycles. The number of likely N-dealkylation sites (tertiary alicyclic amines) is 1. The molecule has 1 fully saturated rings. The van der Waals surface area contributed by atoms with Crippen LogP contribution >= 0.6 is 0 Å². The second-order valence-electron chi connectivity index (χ2n) is 5.65. The maximum Gasteiger partial charge on any atom is 0.241 e. The molecule has 0 spiro atoms. The summed E-state index contributed by atoms with van der Waals surface area (Å²) in [4.78, 5) is 14.0. The van der Waals surface area contributed by atoms with Crippen LogP contribution in [0.3, 0.4) is 0 Å². The summed E-state index contributed by atoms with van der Waals surface area (Å²) in [5, 5.41) is 4.07. The summed E-state index contributed by atoms with van der Waals surface area (Å²) in [6.45, 7) is 6.62. The van der Waals surface area contributed by atoms with Gasteiger partial charge in [-0.2, -0.15) is 0 Å². The van der Waals surface area contributed by atoms with Crippen LogP contribution in [0.1, 0.15) is 18.4 Å². The summed E-state index contributed by atoms with van der Waals surface area (Å²) >= 11 is 0. The molecule has 6 nitrogen and oxygen atoms in total. The number of rotatable bonds is 6. The third kappa shape index (κ3) is 5.07. The first-order chi connectivity index (χ1) is 10.9. The van der Waals surface area contributed by atoms with E-state index in [1.54, 1.807) is 4.90 Å². The van der Waals surface area contributed by atoms with E-state index in [1.165, 1.54) is 0 Å². The minimum absolute atomic E-state index is 0.0262. The summed E-state index contributed by atoms with van der Waals surface area (Å²) in [7, 11) is -3.41. The molecule has 0 aliphatic carbocycles. The van der Waals surface area contributed by atoms with Gasteiger partial charge in [0.1, 0.15) is 0 Å². The summed E-state index contributed by atoms with van der Waals surface area (Å²) in [5.41, 5.74) is 2.05. The molecule has 0 saturated carbocycles. The second-order valence-corrected chi connectivity index (χ2v) is 7.31. The van der Waals surface area contributed by atoms with E-state index in [9.17, 15) is 13.2 Å². The zero-order valence-electron chi connectivity index (χ0n) is 13.3. The van der Waals surface area contributed by atoms with E-state index in [-0.39, 0.29) is 18.5 Å². The van der Waals surface area contributed by atoms with E-state index < -0.39 is 10.0 Å². The van der Waals surface area contributed by atoms with Crippen LogP contribution in [0.4, 0.5) is 5.69 Å². The number of amides is 1. The molecule has 0 aromatic heterocycles. The Kier molecular flexibility index (Phi) is 5.79. The number of para-hydroxylation sites is 1. The van der Waals surface area contributed by atoms with Crippen LogP contribution in [0.5, 0.6) is 0 Å². The summed E-state index contributed by atoms with van der Waals surface area (Å²) in [6, 6.07) is 7.68. The van der Waals surface area contributed by atoms with Crippen molar-refractivity contribution in [2.75, 3.05) is 25.0 Å². The van der Waals surface area contributed by atoms with Gasteiger partial charge in [0.2, 0.25) is 15.9 Å². The van der Waals surface area contributed by atoms with Crippen LogP contribution in [0, 0.1) is 6.92 Å². The van der Waals surface area contributed by atoms with Crippen molar-refractivity contribution in [3.8, 4) is 0 Å². The van der Waals surface area contributed by atoms with E-state index in [4.69, 9.17) is 0 Å². The number of nitrogens with one attached hydrogen (secondary N) is 2. The van der Waals surface area contributed by atoms with Crippen molar-refractivity contribution < 1.29 is 13.2 Å². The summed E-state index contributed by atoms with van der Waals surface area (Å²) < 4.78 is 25.5. The molecule has 1 amide bonds. The Hall–Kier alpha value is -1.86. The number of nitrogens with zero attached hydrogens (tertiary/aromatic N) is 1. The monoisotopic (exact) mass is 337 g/mol. The van der Waals surface area contributed by atoms with Crippen LogP contribution in [-0.4, -0.2) is 44.9 Å². The third-order valence-electron chi connectivity index (χ3n) is 3.97. The maximum atomic E-state index is 12.2. The highest BCUT2D eigenvalue weighted by Gasteiger charge is 2.24. The first-order valence-corrected chi connectivity index (χ1v) is 9.18. The summed E-state index contributed by atoms with van der Waals surface area (Å²) in [5.74, 6) is 0.0262. The molecule has 2 rings (SSSR count). The lowest BCUT2D eigenvalue weighted by molar-refractivity contribution is -0.130. The molecular weight excluding hydrogens is 314 g/mol. The SMILES string of the molecule is C=CS(=O)(=O)NC1CCN(C(=O)CNc2ccccc2C)CC1. The van der Waals surface area contributed by atoms with Gasteiger partial charge in [-0.1, -0.05) is 24.8 Å². The third-order valence-corrected chi connectivity index (χ3v) is 5.07. The highest BCUT2D eigenvalue weighted by atomic mass is 32.2. The van der Waals surface area contributed by atoms with E-state index >= 15 is 0 Å². The lowest BCUT2D eigenvalue weighted by atomic mass is 10.1. The molecule has 0 bridgehead atoms. The van der Waals surface area contributed by atoms with Gasteiger partial charge in [0, 0.05) is 30.2 Å². The van der Waals surface area contributed by atoms with E-state index in [2.05, 4.69) is 16.6 Å². The van der Waals surface area contributed by atoms with Crippen LogP contribution in [0.15, 0.2) is 36.3 Å². The molecule has 1 aromatic rings. The smallest absolute Gasteiger partial charge is 0.241 e. The number of benzene rings is 1. The zero-order valence-corrected chi connectivity index (χ0v) is 14.1. The number of sulfonamides is 1. The largest absolute Gasteiger partial charge is 0.376 e. The van der Waals surface area contributed by atoms with Crippen molar-refractivity contribution in [1.82, 2.24) is 9.62 Å². The Balaban J connectivity index is 1.80. The minimum Gasteiger partial charge on any atom is -0.376 e. The maximum absolute atomic E-state index is 12.2. The molecule has 7 heteroatoms. The lowest BCUT2D eigenvalue weighted by Crippen LogP contribution is -2.47. The Bertz CT molecular complexity index is 665. The Labute approximate surface area is 137 Å². The van der Waals surface area contributed by atoms with Gasteiger partial charge in [-0.3, -0.25) is 4.79 Å². The molecule has 2 N–H and O–H groups in total. The van der Waals surface area contributed by atoms with Crippen molar-refractivity contribution in [3.63, 3.8) is 0 Å². The number of carbonyl (C=O) groups excluding carboxylic acids is 1. The van der Waals surface area contributed by atoms with Gasteiger partial charge >= 0.3 is 0 Å². The molecule has 1 heterocycles. The fourth-order valence-corrected chi connectivity index (χ4v) is 3.38. The molecule has 1 aliphatic heterocycles. The van der Waals surface area contributed by atoms with Gasteiger partial charge in [-0.25, -0.2) is 13.1 Å². The number of piperidine rings is 1. The average Bonchev–Trinajstić information content (AvgIpc) is 2.54. The second kappa shape index (κ2) is 7.61. The van der Waals surface area contributed by atoms with Crippen molar-refractivity contribution in [2.24, 2.45) is 0 Å². The molecule has 0 atom stereocenters. The number of anilines is 1. The van der Waals surface area contributed by atoms with Gasteiger partial charge in [0.25, 0.3) is 0 Å². The minimum atomic E-state index is -3.41. The van der Waals surface area contributed by atoms with Crippen molar-refractivity contribution in [3.05, 3.63) is 41.8 Å². The van der Waals surface area contributed by atoms with Gasteiger partial charge in [0.15, 0.2) is 0 Å². The quantitative estimate of drug-likeness (QED) is 0.824. The molecular formula is C16H23N3O3S. The fraction of sp³-hybridized carbons (Fsp3) is 0.438. The Morgan fingerprint density at radius 1 is 1.35 bits per heavy atom. The Morgan fingerprint density at radius 3 is 2.61 bits per heavy atom. The van der Waals surface area contributed by atoms with Crippen molar-refractivity contribution in [2.45, 2.75) is 25.8 Å². The van der Waals surface area contributed by atoms with Crippen LogP contribution in [-0.2, 0) is 14.8 Å². The summed E-state index contributed by atoms with van der Waals surface area (Å²) in [6.07, 6.45) is 1.23. The van der Waals surface area contributed by atoms with Crippen LogP contribution in [0.25, 0.3) is 0 Å². The molecule has 126 valence electrons. The molecule has 0 unspecified atom stereocenters. The molecule has 1 aliphatic rings. The highest BCUT2D eigenvalue weighted by Crippen LogP contribution is 2.14. The van der Waals surface area contributed by atoms with Crippen LogP contribution < -0.4 is 10.0 Å². The fourth-order valence-electron chi connectivity index (χ4n) is 2.58. The first kappa shape index (κ1) is 17.5. The molecule has 1 saturated heterocycles. The van der Waals surface area contributed by atoms with E-state index in [1.807, 2.05) is 31.2 Å². The zero-order chi connectivity index (χ0) is 16.9. The van der Waals surface area contributed by atoms with E-state index in [0.717, 1.165) is 16.7 Å². The molecule has 0 radical (unpaired) electrons. The van der Waals surface area contributed by atoms with Crippen molar-refractivity contribution in [1.29, 1.82) is 0 Å².